The summed E-state index contributed by atoms with van der Waals surface area (Å²) in [4.78, 5) is 11.1. The molecule has 5 nitrogen and oxygen atoms in total. The molecule has 0 spiro atoms. The van der Waals surface area contributed by atoms with Crippen molar-refractivity contribution >= 4 is 17.5 Å². The number of rotatable bonds is 2. The van der Waals surface area contributed by atoms with E-state index in [2.05, 4.69) is 15.4 Å². The van der Waals surface area contributed by atoms with Gasteiger partial charge in [-0.05, 0) is 18.2 Å². The Balaban J connectivity index is 2.60. The van der Waals surface area contributed by atoms with Gasteiger partial charge in [-0.3, -0.25) is 4.79 Å². The highest BCUT2D eigenvalue weighted by molar-refractivity contribution is 6.31. The summed E-state index contributed by atoms with van der Waals surface area (Å²) in [5.41, 5.74) is 3.76. The molecule has 0 radical (unpaired) electrons. The van der Waals surface area contributed by atoms with E-state index in [-0.39, 0.29) is 22.0 Å². The molecule has 19 heavy (non-hydrogen) atoms. The molecule has 0 aliphatic carbocycles. The van der Waals surface area contributed by atoms with E-state index in [0.717, 1.165) is 12.1 Å². The molecule has 2 rings (SSSR count). The standard InChI is InChI=1S/C10H6ClF3N4O/c11-6-2-4(1-5(3-6)10(12,13)14)7-8(9(15)19)17-18-16-7/h1-3H,(H2,15,19)(H,16,17,18). The van der Waals surface area contributed by atoms with Crippen LogP contribution >= 0.6 is 11.6 Å². The minimum atomic E-state index is -4.56. The normalized spacial score (nSPS) is 11.6. The van der Waals surface area contributed by atoms with Crippen LogP contribution in [0.4, 0.5) is 13.2 Å². The molecule has 1 aromatic carbocycles. The van der Waals surface area contributed by atoms with Gasteiger partial charge in [-0.15, -0.1) is 0 Å². The topological polar surface area (TPSA) is 84.7 Å². The molecule has 0 fully saturated rings. The largest absolute Gasteiger partial charge is 0.416 e. The maximum atomic E-state index is 12.7. The van der Waals surface area contributed by atoms with Crippen LogP contribution in [0.1, 0.15) is 16.1 Å². The molecule has 0 bridgehead atoms. The lowest BCUT2D eigenvalue weighted by Gasteiger charge is -2.09. The number of nitrogens with zero attached hydrogens (tertiary/aromatic N) is 2. The van der Waals surface area contributed by atoms with Crippen molar-refractivity contribution in [3.05, 3.63) is 34.5 Å². The van der Waals surface area contributed by atoms with Gasteiger partial charge < -0.3 is 5.73 Å². The average Bonchev–Trinajstić information content (AvgIpc) is 2.75. The first kappa shape index (κ1) is 13.3. The summed E-state index contributed by atoms with van der Waals surface area (Å²) in [7, 11) is 0. The summed E-state index contributed by atoms with van der Waals surface area (Å²) in [6, 6.07) is 2.83. The lowest BCUT2D eigenvalue weighted by atomic mass is 10.1. The number of H-pyrrole nitrogens is 1. The Morgan fingerprint density at radius 1 is 1.26 bits per heavy atom. The minimum Gasteiger partial charge on any atom is -0.364 e. The molecule has 1 heterocycles. The number of hydrogen-bond donors (Lipinski definition) is 2. The Morgan fingerprint density at radius 2 is 1.95 bits per heavy atom. The van der Waals surface area contributed by atoms with E-state index in [1.165, 1.54) is 6.07 Å². The molecule has 2 aromatic rings. The van der Waals surface area contributed by atoms with Crippen LogP contribution in [0.15, 0.2) is 18.2 Å². The molecular weight excluding hydrogens is 285 g/mol. The second-order valence-corrected chi connectivity index (χ2v) is 4.05. The van der Waals surface area contributed by atoms with Crippen LogP contribution < -0.4 is 5.73 Å². The first-order chi connectivity index (χ1) is 8.79. The zero-order chi connectivity index (χ0) is 14.2. The lowest BCUT2D eigenvalue weighted by molar-refractivity contribution is -0.137. The number of aromatic nitrogens is 3. The summed E-state index contributed by atoms with van der Waals surface area (Å²) >= 11 is 5.63. The number of carbonyl (C=O) groups excluding carboxylic acids is 1. The van der Waals surface area contributed by atoms with E-state index in [0.29, 0.717) is 0 Å². The van der Waals surface area contributed by atoms with Gasteiger partial charge in [-0.2, -0.15) is 28.6 Å². The molecule has 3 N–H and O–H groups in total. The fourth-order valence-electron chi connectivity index (χ4n) is 1.49. The van der Waals surface area contributed by atoms with Crippen LogP contribution in [0.25, 0.3) is 11.3 Å². The molecule has 9 heteroatoms. The van der Waals surface area contributed by atoms with Crippen molar-refractivity contribution in [3.8, 4) is 11.3 Å². The van der Waals surface area contributed by atoms with Crippen LogP contribution in [0.5, 0.6) is 0 Å². The fourth-order valence-corrected chi connectivity index (χ4v) is 1.73. The molecule has 0 aliphatic heterocycles. The Bertz CT molecular complexity index is 638. The Labute approximate surface area is 109 Å². The number of nitrogens with two attached hydrogens (primary N) is 1. The van der Waals surface area contributed by atoms with Gasteiger partial charge in [0.05, 0.1) is 5.56 Å². The summed E-state index contributed by atoms with van der Waals surface area (Å²) in [6.07, 6.45) is -4.56. The van der Waals surface area contributed by atoms with Crippen molar-refractivity contribution < 1.29 is 18.0 Å². The summed E-state index contributed by atoms with van der Waals surface area (Å²) < 4.78 is 38.0. The van der Waals surface area contributed by atoms with Crippen molar-refractivity contribution in [2.24, 2.45) is 5.73 Å². The lowest BCUT2D eigenvalue weighted by Crippen LogP contribution is -2.13. The fraction of sp³-hybridized carbons (Fsp3) is 0.100. The van der Waals surface area contributed by atoms with Crippen molar-refractivity contribution in [3.63, 3.8) is 0 Å². The second-order valence-electron chi connectivity index (χ2n) is 3.61. The van der Waals surface area contributed by atoms with E-state index in [1.54, 1.807) is 0 Å². The van der Waals surface area contributed by atoms with E-state index >= 15 is 0 Å². The number of amides is 1. The maximum absolute atomic E-state index is 12.7. The maximum Gasteiger partial charge on any atom is 0.416 e. The monoisotopic (exact) mass is 290 g/mol. The molecule has 0 atom stereocenters. The number of aromatic amines is 1. The SMILES string of the molecule is NC(=O)c1n[nH]nc1-c1cc(Cl)cc(C(F)(F)F)c1. The molecule has 0 saturated heterocycles. The predicted molar refractivity (Wildman–Crippen MR) is 60.3 cm³/mol. The predicted octanol–water partition coefficient (Wildman–Crippen LogP) is 2.24. The quantitative estimate of drug-likeness (QED) is 0.889. The van der Waals surface area contributed by atoms with Gasteiger partial charge >= 0.3 is 6.18 Å². The molecule has 1 aromatic heterocycles. The summed E-state index contributed by atoms with van der Waals surface area (Å²) in [5, 5.41) is 9.08. The Hall–Kier alpha value is -2.09. The van der Waals surface area contributed by atoms with E-state index in [1.807, 2.05) is 0 Å². The van der Waals surface area contributed by atoms with Gasteiger partial charge in [0, 0.05) is 10.6 Å². The van der Waals surface area contributed by atoms with Crippen LogP contribution in [-0.4, -0.2) is 21.3 Å². The third-order valence-electron chi connectivity index (χ3n) is 2.28. The first-order valence-corrected chi connectivity index (χ1v) is 5.25. The number of alkyl halides is 3. The van der Waals surface area contributed by atoms with Crippen LogP contribution in [0, 0.1) is 0 Å². The molecule has 0 unspecified atom stereocenters. The molecule has 0 saturated carbocycles. The Kier molecular flexibility index (Phi) is 3.19. The van der Waals surface area contributed by atoms with E-state index < -0.39 is 17.6 Å². The molecular formula is C10H6ClF3N4O. The smallest absolute Gasteiger partial charge is 0.364 e. The van der Waals surface area contributed by atoms with Crippen LogP contribution in [0.2, 0.25) is 5.02 Å². The highest BCUT2D eigenvalue weighted by Crippen LogP contribution is 2.34. The number of halogens is 4. The van der Waals surface area contributed by atoms with Crippen LogP contribution in [-0.2, 0) is 6.18 Å². The van der Waals surface area contributed by atoms with Gasteiger partial charge in [0.1, 0.15) is 5.69 Å². The van der Waals surface area contributed by atoms with E-state index in [4.69, 9.17) is 17.3 Å². The van der Waals surface area contributed by atoms with E-state index in [9.17, 15) is 18.0 Å². The van der Waals surface area contributed by atoms with Crippen molar-refractivity contribution in [2.75, 3.05) is 0 Å². The highest BCUT2D eigenvalue weighted by Gasteiger charge is 2.31. The highest BCUT2D eigenvalue weighted by atomic mass is 35.5. The first-order valence-electron chi connectivity index (χ1n) is 4.88. The van der Waals surface area contributed by atoms with Crippen molar-refractivity contribution in [2.45, 2.75) is 6.18 Å². The number of nitrogens with one attached hydrogen (secondary N) is 1. The zero-order valence-corrected chi connectivity index (χ0v) is 9.88. The Morgan fingerprint density at radius 3 is 2.53 bits per heavy atom. The number of benzene rings is 1. The third kappa shape index (κ3) is 2.68. The molecule has 1 amide bonds. The minimum absolute atomic E-state index is 0.00220. The average molecular weight is 291 g/mol. The van der Waals surface area contributed by atoms with Gasteiger partial charge in [0.15, 0.2) is 5.69 Å². The number of primary amides is 1. The van der Waals surface area contributed by atoms with Crippen LogP contribution in [0.3, 0.4) is 0 Å². The molecule has 0 aliphatic rings. The summed E-state index contributed by atoms with van der Waals surface area (Å²) in [6.45, 7) is 0. The number of carbonyl (C=O) groups is 1. The van der Waals surface area contributed by atoms with Gasteiger partial charge in [-0.1, -0.05) is 11.6 Å². The van der Waals surface area contributed by atoms with Gasteiger partial charge in [-0.25, -0.2) is 0 Å². The number of hydrogen-bond acceptors (Lipinski definition) is 3. The molecule has 100 valence electrons. The van der Waals surface area contributed by atoms with Crippen molar-refractivity contribution in [1.82, 2.24) is 15.4 Å². The second kappa shape index (κ2) is 4.54. The zero-order valence-electron chi connectivity index (χ0n) is 9.12. The van der Waals surface area contributed by atoms with Gasteiger partial charge in [0.2, 0.25) is 0 Å². The third-order valence-corrected chi connectivity index (χ3v) is 2.50. The van der Waals surface area contributed by atoms with Gasteiger partial charge in [0.25, 0.3) is 5.91 Å². The van der Waals surface area contributed by atoms with Crippen molar-refractivity contribution in [1.29, 1.82) is 0 Å². The summed E-state index contributed by atoms with van der Waals surface area (Å²) in [5.74, 6) is -0.905.